The summed E-state index contributed by atoms with van der Waals surface area (Å²) in [5.74, 6) is -0.778. The third kappa shape index (κ3) is 4.49. The Bertz CT molecular complexity index is 750. The van der Waals surface area contributed by atoms with Gasteiger partial charge in [0.15, 0.2) is 0 Å². The number of hydrogen-bond donors (Lipinski definition) is 2. The largest absolute Gasteiger partial charge is 0.417 e. The number of alkyl halides is 3. The van der Waals surface area contributed by atoms with E-state index in [0.29, 0.717) is 6.07 Å². The third-order valence-corrected chi connectivity index (χ3v) is 3.27. The predicted molar refractivity (Wildman–Crippen MR) is 80.5 cm³/mol. The van der Waals surface area contributed by atoms with Crippen molar-refractivity contribution in [1.82, 2.24) is 0 Å². The Balaban J connectivity index is 2.14. The number of rotatable bonds is 2. The topological polar surface area (TPSA) is 41.1 Å². The van der Waals surface area contributed by atoms with Crippen molar-refractivity contribution in [2.24, 2.45) is 0 Å². The first-order chi connectivity index (χ1) is 10.7. The Morgan fingerprint density at radius 3 is 2.30 bits per heavy atom. The monoisotopic (exact) mass is 366 g/mol. The van der Waals surface area contributed by atoms with Crippen molar-refractivity contribution in [2.75, 3.05) is 10.6 Å². The molecule has 3 nitrogen and oxygen atoms in total. The molecule has 2 aromatic rings. The Morgan fingerprint density at radius 1 is 1.00 bits per heavy atom. The van der Waals surface area contributed by atoms with Crippen molar-refractivity contribution < 1.29 is 22.4 Å². The lowest BCUT2D eigenvalue weighted by Crippen LogP contribution is -2.20. The molecule has 0 saturated carbocycles. The summed E-state index contributed by atoms with van der Waals surface area (Å²) in [6, 6.07) is 5.52. The van der Waals surface area contributed by atoms with E-state index in [4.69, 9.17) is 23.2 Å². The Labute approximate surface area is 138 Å². The number of urea groups is 1. The molecule has 0 spiro atoms. The van der Waals surface area contributed by atoms with Crippen LogP contribution in [-0.4, -0.2) is 6.03 Å². The number of hydrogen-bond acceptors (Lipinski definition) is 1. The highest BCUT2D eigenvalue weighted by Gasteiger charge is 2.33. The second-order valence-electron chi connectivity index (χ2n) is 4.40. The van der Waals surface area contributed by atoms with Gasteiger partial charge in [-0.2, -0.15) is 13.2 Å². The van der Waals surface area contributed by atoms with Crippen LogP contribution in [0.15, 0.2) is 36.4 Å². The van der Waals surface area contributed by atoms with Crippen molar-refractivity contribution >= 4 is 40.6 Å². The lowest BCUT2D eigenvalue weighted by Gasteiger charge is -2.12. The summed E-state index contributed by atoms with van der Waals surface area (Å²) >= 11 is 11.0. The van der Waals surface area contributed by atoms with Gasteiger partial charge in [-0.1, -0.05) is 23.2 Å². The summed E-state index contributed by atoms with van der Waals surface area (Å²) in [7, 11) is 0. The molecule has 0 atom stereocenters. The first-order valence-corrected chi connectivity index (χ1v) is 6.82. The van der Waals surface area contributed by atoms with E-state index in [0.717, 1.165) is 12.1 Å². The lowest BCUT2D eigenvalue weighted by molar-refractivity contribution is -0.137. The Kier molecular flexibility index (Phi) is 5.01. The number of amides is 2. The number of carbonyl (C=O) groups is 1. The van der Waals surface area contributed by atoms with Crippen LogP contribution in [0.1, 0.15) is 5.56 Å². The van der Waals surface area contributed by atoms with Gasteiger partial charge in [-0.25, -0.2) is 9.18 Å². The number of halogens is 6. The van der Waals surface area contributed by atoms with Crippen molar-refractivity contribution in [2.45, 2.75) is 6.18 Å². The van der Waals surface area contributed by atoms with E-state index in [2.05, 4.69) is 10.6 Å². The van der Waals surface area contributed by atoms with Gasteiger partial charge in [-0.15, -0.1) is 0 Å². The van der Waals surface area contributed by atoms with E-state index >= 15 is 0 Å². The minimum Gasteiger partial charge on any atom is -0.308 e. The zero-order chi connectivity index (χ0) is 17.2. The SMILES string of the molecule is O=C(Nc1ccc(Cl)c(C(F)(F)F)c1)Nc1ccc(Cl)cc1F. The third-order valence-electron chi connectivity index (χ3n) is 2.71. The second kappa shape index (κ2) is 6.64. The van der Waals surface area contributed by atoms with Gasteiger partial charge in [0.1, 0.15) is 5.82 Å². The van der Waals surface area contributed by atoms with E-state index in [1.807, 2.05) is 0 Å². The second-order valence-corrected chi connectivity index (χ2v) is 5.24. The van der Waals surface area contributed by atoms with E-state index in [-0.39, 0.29) is 16.4 Å². The smallest absolute Gasteiger partial charge is 0.308 e. The molecule has 0 aliphatic carbocycles. The summed E-state index contributed by atoms with van der Waals surface area (Å²) in [6.45, 7) is 0. The molecule has 9 heteroatoms. The van der Waals surface area contributed by atoms with Crippen LogP contribution in [0.3, 0.4) is 0 Å². The molecule has 0 aliphatic heterocycles. The Hall–Kier alpha value is -1.99. The maximum atomic E-state index is 13.5. The zero-order valence-electron chi connectivity index (χ0n) is 11.1. The zero-order valence-corrected chi connectivity index (χ0v) is 12.7. The van der Waals surface area contributed by atoms with Crippen LogP contribution in [-0.2, 0) is 6.18 Å². The average Bonchev–Trinajstić information content (AvgIpc) is 2.43. The van der Waals surface area contributed by atoms with E-state index in [1.54, 1.807) is 0 Å². The fraction of sp³-hybridized carbons (Fsp3) is 0.0714. The van der Waals surface area contributed by atoms with E-state index < -0.39 is 28.6 Å². The minimum atomic E-state index is -4.66. The quantitative estimate of drug-likeness (QED) is 0.648. The highest BCUT2D eigenvalue weighted by molar-refractivity contribution is 6.31. The summed E-state index contributed by atoms with van der Waals surface area (Å²) in [4.78, 5) is 11.7. The van der Waals surface area contributed by atoms with Gasteiger partial charge >= 0.3 is 12.2 Å². The van der Waals surface area contributed by atoms with Crippen molar-refractivity contribution in [3.8, 4) is 0 Å². The molecule has 0 aliphatic rings. The molecule has 2 N–H and O–H groups in total. The minimum absolute atomic E-state index is 0.140. The van der Waals surface area contributed by atoms with E-state index in [1.165, 1.54) is 18.2 Å². The molecule has 0 saturated heterocycles. The van der Waals surface area contributed by atoms with Crippen molar-refractivity contribution in [1.29, 1.82) is 0 Å². The van der Waals surface area contributed by atoms with Gasteiger partial charge in [0.25, 0.3) is 0 Å². The number of anilines is 2. The van der Waals surface area contributed by atoms with Gasteiger partial charge in [0.05, 0.1) is 16.3 Å². The maximum absolute atomic E-state index is 13.5. The molecule has 122 valence electrons. The van der Waals surface area contributed by atoms with Gasteiger partial charge in [-0.05, 0) is 36.4 Å². The first kappa shape index (κ1) is 17.4. The van der Waals surface area contributed by atoms with Gasteiger partial charge in [0, 0.05) is 10.7 Å². The van der Waals surface area contributed by atoms with Crippen molar-refractivity contribution in [3.63, 3.8) is 0 Å². The first-order valence-electron chi connectivity index (χ1n) is 6.06. The molecule has 0 bridgehead atoms. The summed E-state index contributed by atoms with van der Waals surface area (Å²) in [5, 5.41) is 3.97. The highest BCUT2D eigenvalue weighted by Crippen LogP contribution is 2.36. The van der Waals surface area contributed by atoms with Crippen LogP contribution in [0.25, 0.3) is 0 Å². The van der Waals surface area contributed by atoms with Gasteiger partial charge < -0.3 is 10.6 Å². The molecule has 0 radical (unpaired) electrons. The average molecular weight is 367 g/mol. The normalized spacial score (nSPS) is 11.2. The number of benzene rings is 2. The molecule has 2 amide bonds. The maximum Gasteiger partial charge on any atom is 0.417 e. The van der Waals surface area contributed by atoms with Crippen LogP contribution in [0, 0.1) is 5.82 Å². The fourth-order valence-electron chi connectivity index (χ4n) is 1.70. The van der Waals surface area contributed by atoms with E-state index in [9.17, 15) is 22.4 Å². The molecular weight excluding hydrogens is 359 g/mol. The van der Waals surface area contributed by atoms with Crippen LogP contribution in [0.5, 0.6) is 0 Å². The predicted octanol–water partition coefficient (Wildman–Crippen LogP) is 5.80. The molecule has 0 heterocycles. The van der Waals surface area contributed by atoms with Crippen LogP contribution < -0.4 is 10.6 Å². The van der Waals surface area contributed by atoms with Crippen LogP contribution >= 0.6 is 23.2 Å². The molecule has 0 aromatic heterocycles. The van der Waals surface area contributed by atoms with Gasteiger partial charge in [0.2, 0.25) is 0 Å². The molecule has 2 aromatic carbocycles. The molecule has 0 fully saturated rings. The van der Waals surface area contributed by atoms with Crippen LogP contribution in [0.2, 0.25) is 10.0 Å². The van der Waals surface area contributed by atoms with Crippen LogP contribution in [0.4, 0.5) is 33.7 Å². The molecule has 2 rings (SSSR count). The van der Waals surface area contributed by atoms with Gasteiger partial charge in [-0.3, -0.25) is 0 Å². The lowest BCUT2D eigenvalue weighted by atomic mass is 10.2. The van der Waals surface area contributed by atoms with Crippen molar-refractivity contribution in [3.05, 3.63) is 57.8 Å². The highest BCUT2D eigenvalue weighted by atomic mass is 35.5. The summed E-state index contributed by atoms with van der Waals surface area (Å²) in [5.41, 5.74) is -1.40. The molecule has 0 unspecified atom stereocenters. The summed E-state index contributed by atoms with van der Waals surface area (Å²) in [6.07, 6.45) is -4.66. The Morgan fingerprint density at radius 2 is 1.70 bits per heavy atom. The summed E-state index contributed by atoms with van der Waals surface area (Å²) < 4.78 is 51.7. The number of nitrogens with one attached hydrogen (secondary N) is 2. The molecular formula is C14H8Cl2F4N2O. The fourth-order valence-corrected chi connectivity index (χ4v) is 2.08. The molecule has 23 heavy (non-hydrogen) atoms. The standard InChI is InChI=1S/C14H8Cl2F4N2O/c15-7-1-4-12(11(17)5-7)22-13(23)21-8-2-3-10(16)9(6-8)14(18,19)20/h1-6H,(H2,21,22,23). The number of carbonyl (C=O) groups excluding carboxylic acids is 1.